The summed E-state index contributed by atoms with van der Waals surface area (Å²) in [6.45, 7) is 0.732. The van der Waals surface area contributed by atoms with Crippen molar-refractivity contribution in [3.63, 3.8) is 0 Å². The van der Waals surface area contributed by atoms with E-state index in [2.05, 4.69) is 6.07 Å². The Balaban J connectivity index is 1.90. The van der Waals surface area contributed by atoms with Crippen molar-refractivity contribution in [3.8, 4) is 5.75 Å². The maximum atomic E-state index is 11.0. The molecule has 1 aliphatic heterocycles. The minimum atomic E-state index is -3.11. The number of aliphatic hydroxyl groups excluding tert-OH is 1. The van der Waals surface area contributed by atoms with Crippen LogP contribution in [0.1, 0.15) is 17.5 Å². The van der Waals surface area contributed by atoms with Gasteiger partial charge in [-0.25, -0.2) is 8.42 Å². The van der Waals surface area contributed by atoms with E-state index in [0.717, 1.165) is 30.6 Å². The minimum absolute atomic E-state index is 0.166. The van der Waals surface area contributed by atoms with E-state index < -0.39 is 15.9 Å². The predicted molar refractivity (Wildman–Crippen MR) is 69.7 cm³/mol. The van der Waals surface area contributed by atoms with Crippen molar-refractivity contribution in [1.29, 1.82) is 0 Å². The highest BCUT2D eigenvalue weighted by molar-refractivity contribution is 7.90. The van der Waals surface area contributed by atoms with Gasteiger partial charge in [0.05, 0.1) is 18.5 Å². The third kappa shape index (κ3) is 3.71. The molecule has 1 aromatic rings. The van der Waals surface area contributed by atoms with Crippen molar-refractivity contribution in [3.05, 3.63) is 29.3 Å². The van der Waals surface area contributed by atoms with Crippen molar-refractivity contribution >= 4 is 9.84 Å². The zero-order chi connectivity index (χ0) is 13.2. The fourth-order valence-electron chi connectivity index (χ4n) is 2.16. The Kier molecular flexibility index (Phi) is 3.92. The normalized spacial score (nSPS) is 16.1. The molecule has 4 nitrogen and oxygen atoms in total. The molecule has 0 amide bonds. The maximum Gasteiger partial charge on any atom is 0.149 e. The van der Waals surface area contributed by atoms with Crippen LogP contribution in [0.15, 0.2) is 18.2 Å². The smallest absolute Gasteiger partial charge is 0.149 e. The Morgan fingerprint density at radius 1 is 1.44 bits per heavy atom. The van der Waals surface area contributed by atoms with Gasteiger partial charge in [0.1, 0.15) is 15.6 Å². The second-order valence-electron chi connectivity index (χ2n) is 4.83. The molecule has 100 valence electrons. The number of hydrogen-bond acceptors (Lipinski definition) is 4. The van der Waals surface area contributed by atoms with E-state index in [9.17, 15) is 13.5 Å². The zero-order valence-electron chi connectivity index (χ0n) is 10.4. The van der Waals surface area contributed by atoms with E-state index in [1.54, 1.807) is 0 Å². The van der Waals surface area contributed by atoms with Crippen molar-refractivity contribution in [1.82, 2.24) is 0 Å². The van der Waals surface area contributed by atoms with E-state index in [1.165, 1.54) is 5.56 Å². The molecule has 1 heterocycles. The first-order valence-corrected chi connectivity index (χ1v) is 8.10. The number of benzene rings is 1. The molecule has 0 spiro atoms. The first kappa shape index (κ1) is 13.4. The lowest BCUT2D eigenvalue weighted by Crippen LogP contribution is -2.20. The quantitative estimate of drug-likeness (QED) is 0.865. The number of aryl methyl sites for hydroxylation is 1. The summed E-state index contributed by atoms with van der Waals surface area (Å²) in [6, 6.07) is 5.99. The zero-order valence-corrected chi connectivity index (χ0v) is 11.2. The first-order valence-electron chi connectivity index (χ1n) is 6.04. The second kappa shape index (κ2) is 5.28. The third-order valence-corrected chi connectivity index (χ3v) is 4.01. The summed E-state index contributed by atoms with van der Waals surface area (Å²) in [5.41, 5.74) is 2.32. The molecule has 5 heteroatoms. The summed E-state index contributed by atoms with van der Waals surface area (Å²) in [5.74, 6) is 0.775. The summed E-state index contributed by atoms with van der Waals surface area (Å²) in [7, 11) is -3.11. The van der Waals surface area contributed by atoms with Gasteiger partial charge in [-0.1, -0.05) is 12.1 Å². The standard InChI is InChI=1S/C13H18O4S/c1-18(15,16)9-12(14)4-2-10-3-5-13-11(8-10)6-7-17-13/h3,5,8,12,14H,2,4,6-7,9H2,1H3. The van der Waals surface area contributed by atoms with Gasteiger partial charge in [0.25, 0.3) is 0 Å². The lowest BCUT2D eigenvalue weighted by molar-refractivity contribution is 0.187. The molecule has 1 aliphatic rings. The molecule has 0 saturated heterocycles. The van der Waals surface area contributed by atoms with Crippen LogP contribution in [0, 0.1) is 0 Å². The van der Waals surface area contributed by atoms with Crippen LogP contribution < -0.4 is 4.74 Å². The fraction of sp³-hybridized carbons (Fsp3) is 0.538. The molecule has 0 aromatic heterocycles. The second-order valence-corrected chi connectivity index (χ2v) is 7.01. The van der Waals surface area contributed by atoms with E-state index in [4.69, 9.17) is 4.74 Å². The Hall–Kier alpha value is -1.07. The highest BCUT2D eigenvalue weighted by Crippen LogP contribution is 2.26. The molecule has 1 N–H and O–H groups in total. The number of fused-ring (bicyclic) bond motifs is 1. The molecule has 18 heavy (non-hydrogen) atoms. The van der Waals surface area contributed by atoms with Gasteiger partial charge >= 0.3 is 0 Å². The van der Waals surface area contributed by atoms with Gasteiger partial charge in [-0.05, 0) is 30.0 Å². The van der Waals surface area contributed by atoms with E-state index >= 15 is 0 Å². The van der Waals surface area contributed by atoms with Gasteiger partial charge in [0.15, 0.2) is 0 Å². The molecule has 0 aliphatic carbocycles. The molecular weight excluding hydrogens is 252 g/mol. The SMILES string of the molecule is CS(=O)(=O)CC(O)CCc1ccc2c(c1)CCO2. The van der Waals surface area contributed by atoms with Crippen LogP contribution in [0.2, 0.25) is 0 Å². The Labute approximate surface area is 108 Å². The maximum absolute atomic E-state index is 11.0. The van der Waals surface area contributed by atoms with Gasteiger partial charge in [-0.15, -0.1) is 0 Å². The summed E-state index contributed by atoms with van der Waals surface area (Å²) in [6.07, 6.45) is 2.43. The van der Waals surface area contributed by atoms with Crippen molar-refractivity contribution < 1.29 is 18.3 Å². The van der Waals surface area contributed by atoms with Crippen LogP contribution in [0.4, 0.5) is 0 Å². The Bertz CT molecular complexity index is 522. The van der Waals surface area contributed by atoms with Gasteiger partial charge in [0.2, 0.25) is 0 Å². The molecule has 0 fully saturated rings. The van der Waals surface area contributed by atoms with Crippen LogP contribution in [0.5, 0.6) is 5.75 Å². The Morgan fingerprint density at radius 3 is 2.94 bits per heavy atom. The van der Waals surface area contributed by atoms with Crippen LogP contribution in [-0.2, 0) is 22.7 Å². The predicted octanol–water partition coefficient (Wildman–Crippen LogP) is 0.960. The number of ether oxygens (including phenoxy) is 1. The number of sulfone groups is 1. The average Bonchev–Trinajstić information content (AvgIpc) is 2.71. The Morgan fingerprint density at radius 2 is 2.22 bits per heavy atom. The van der Waals surface area contributed by atoms with Crippen LogP contribution in [0.25, 0.3) is 0 Å². The highest BCUT2D eigenvalue weighted by Gasteiger charge is 2.14. The van der Waals surface area contributed by atoms with Crippen LogP contribution >= 0.6 is 0 Å². The molecule has 1 unspecified atom stereocenters. The molecule has 0 radical (unpaired) electrons. The number of hydrogen-bond donors (Lipinski definition) is 1. The fourth-order valence-corrected chi connectivity index (χ4v) is 3.03. The van der Waals surface area contributed by atoms with Gasteiger partial charge in [-0.3, -0.25) is 0 Å². The first-order chi connectivity index (χ1) is 8.44. The van der Waals surface area contributed by atoms with Crippen molar-refractivity contribution in [2.45, 2.75) is 25.4 Å². The minimum Gasteiger partial charge on any atom is -0.493 e. The largest absolute Gasteiger partial charge is 0.493 e. The van der Waals surface area contributed by atoms with Crippen LogP contribution in [0.3, 0.4) is 0 Å². The molecule has 2 rings (SSSR count). The molecular formula is C13H18O4S. The summed E-state index contributed by atoms with van der Waals surface area (Å²) < 4.78 is 27.5. The highest BCUT2D eigenvalue weighted by atomic mass is 32.2. The van der Waals surface area contributed by atoms with Crippen molar-refractivity contribution in [2.75, 3.05) is 18.6 Å². The van der Waals surface area contributed by atoms with Gasteiger partial charge < -0.3 is 9.84 Å². The van der Waals surface area contributed by atoms with Gasteiger partial charge in [0, 0.05) is 12.7 Å². The van der Waals surface area contributed by atoms with Gasteiger partial charge in [-0.2, -0.15) is 0 Å². The topological polar surface area (TPSA) is 63.6 Å². The molecule has 1 atom stereocenters. The van der Waals surface area contributed by atoms with E-state index in [0.29, 0.717) is 12.8 Å². The third-order valence-electron chi connectivity index (χ3n) is 3.02. The lowest BCUT2D eigenvalue weighted by atomic mass is 10.0. The lowest BCUT2D eigenvalue weighted by Gasteiger charge is -2.09. The summed E-state index contributed by atoms with van der Waals surface area (Å²) in [5, 5.41) is 9.64. The monoisotopic (exact) mass is 270 g/mol. The van der Waals surface area contributed by atoms with E-state index in [1.807, 2.05) is 12.1 Å². The number of rotatable bonds is 5. The summed E-state index contributed by atoms with van der Waals surface area (Å²) in [4.78, 5) is 0. The molecule has 1 aromatic carbocycles. The molecule has 0 saturated carbocycles. The van der Waals surface area contributed by atoms with Crippen molar-refractivity contribution in [2.24, 2.45) is 0 Å². The van der Waals surface area contributed by atoms with E-state index in [-0.39, 0.29) is 5.75 Å². The average molecular weight is 270 g/mol. The molecule has 0 bridgehead atoms. The number of aliphatic hydroxyl groups is 1. The summed E-state index contributed by atoms with van der Waals surface area (Å²) >= 11 is 0. The van der Waals surface area contributed by atoms with Crippen LogP contribution in [-0.4, -0.2) is 38.2 Å².